The number of rotatable bonds is 12. The van der Waals surface area contributed by atoms with Crippen molar-refractivity contribution in [3.63, 3.8) is 0 Å². The zero-order valence-corrected chi connectivity index (χ0v) is 26.2. The molecule has 260 valence electrons. The van der Waals surface area contributed by atoms with Crippen LogP contribution in [0.4, 0.5) is 0 Å². The summed E-state index contributed by atoms with van der Waals surface area (Å²) in [7, 11) is -17.8. The lowest BCUT2D eigenvalue weighted by atomic mass is 9.98. The summed E-state index contributed by atoms with van der Waals surface area (Å²) in [5.41, 5.74) is -4.28. The Morgan fingerprint density at radius 1 is 0.469 bits per heavy atom. The standard InChI is InChI=1S/C27H18O18S3.H2O/c28-25(29)17-18(26(30)31)21(43-13-7-3-1-4-8-13)22(44-14-9-5-2-6-10-14)19(27(32)33)20(17)45-15-11-12-16(46(34,35)36)24(48(40,41)42)23(15)47(37,38)39;/h1-12H,(H,28,29)(H,30,31)(H,32,33)(H,34,35,36)(H,37,38,39)(H,40,41,42);1H2. The first-order chi connectivity index (χ1) is 22.2. The van der Waals surface area contributed by atoms with Crippen molar-refractivity contribution < 1.29 is 88.3 Å². The number of para-hydroxylation sites is 2. The van der Waals surface area contributed by atoms with Crippen LogP contribution in [0.5, 0.6) is 34.5 Å². The lowest BCUT2D eigenvalue weighted by Crippen LogP contribution is -2.18. The Kier molecular flexibility index (Phi) is 10.7. The van der Waals surface area contributed by atoms with Crippen LogP contribution >= 0.6 is 0 Å². The van der Waals surface area contributed by atoms with Gasteiger partial charge in [-0.2, -0.15) is 25.3 Å². The van der Waals surface area contributed by atoms with Gasteiger partial charge in [0.15, 0.2) is 22.1 Å². The predicted molar refractivity (Wildman–Crippen MR) is 160 cm³/mol. The summed E-state index contributed by atoms with van der Waals surface area (Å²) >= 11 is 0. The van der Waals surface area contributed by atoms with Gasteiger partial charge < -0.3 is 35.0 Å². The summed E-state index contributed by atoms with van der Waals surface area (Å²) < 4.78 is 119. The average Bonchev–Trinajstić information content (AvgIpc) is 2.96. The van der Waals surface area contributed by atoms with Crippen LogP contribution in [0.1, 0.15) is 31.1 Å². The summed E-state index contributed by atoms with van der Waals surface area (Å²) in [6, 6.07) is 14.1. The number of carboxylic acid groups (broad SMARTS) is 3. The Hall–Kier alpha value is -5.62. The van der Waals surface area contributed by atoms with E-state index in [0.717, 1.165) is 0 Å². The van der Waals surface area contributed by atoms with Gasteiger partial charge in [-0.15, -0.1) is 0 Å². The quantitative estimate of drug-likeness (QED) is 0.113. The van der Waals surface area contributed by atoms with Gasteiger partial charge in [-0.25, -0.2) is 14.4 Å². The molecule has 4 aromatic rings. The SMILES string of the molecule is O.O=C(O)c1c(Oc2ccccc2)c(Oc2ccccc2)c(C(=O)O)c(C(=O)O)c1Oc1ccc(S(=O)(=O)O)c(S(=O)(=O)O)c1S(=O)(=O)O. The number of aromatic carboxylic acids is 3. The Balaban J connectivity index is 0.00000650. The van der Waals surface area contributed by atoms with Crippen molar-refractivity contribution in [2.45, 2.75) is 14.7 Å². The van der Waals surface area contributed by atoms with Gasteiger partial charge in [-0.3, -0.25) is 13.7 Å². The van der Waals surface area contributed by atoms with E-state index in [1.54, 1.807) is 0 Å². The summed E-state index contributed by atoms with van der Waals surface area (Å²) in [6.07, 6.45) is 0. The summed E-state index contributed by atoms with van der Waals surface area (Å²) in [5.74, 6) is -12.0. The van der Waals surface area contributed by atoms with Gasteiger partial charge in [-0.05, 0) is 36.4 Å². The molecule has 0 unspecified atom stereocenters. The molecule has 22 heteroatoms. The highest BCUT2D eigenvalue weighted by molar-refractivity contribution is 7.90. The van der Waals surface area contributed by atoms with Crippen LogP contribution in [0, 0.1) is 0 Å². The minimum absolute atomic E-state index is 0. The van der Waals surface area contributed by atoms with Crippen molar-refractivity contribution in [3.05, 3.63) is 89.5 Å². The molecular formula is C27H20O19S3. The molecule has 0 aliphatic heterocycles. The van der Waals surface area contributed by atoms with Crippen LogP contribution in [0.15, 0.2) is 87.5 Å². The van der Waals surface area contributed by atoms with E-state index in [1.165, 1.54) is 60.7 Å². The molecule has 0 saturated carbocycles. The van der Waals surface area contributed by atoms with Crippen molar-refractivity contribution in [3.8, 4) is 34.5 Å². The van der Waals surface area contributed by atoms with Gasteiger partial charge in [0, 0.05) is 0 Å². The molecule has 0 atom stereocenters. The Morgan fingerprint density at radius 3 is 1.22 bits per heavy atom. The van der Waals surface area contributed by atoms with Crippen molar-refractivity contribution in [2.24, 2.45) is 0 Å². The minimum Gasteiger partial charge on any atom is -0.478 e. The molecule has 8 N–H and O–H groups in total. The molecule has 0 aromatic heterocycles. The van der Waals surface area contributed by atoms with Crippen molar-refractivity contribution in [1.82, 2.24) is 0 Å². The van der Waals surface area contributed by atoms with E-state index in [2.05, 4.69) is 0 Å². The van der Waals surface area contributed by atoms with Crippen LogP contribution in [0.3, 0.4) is 0 Å². The molecule has 0 fully saturated rings. The predicted octanol–water partition coefficient (Wildman–Crippen LogP) is 3.07. The maximum Gasteiger partial charge on any atom is 0.343 e. The highest BCUT2D eigenvalue weighted by atomic mass is 32.2. The highest BCUT2D eigenvalue weighted by Crippen LogP contribution is 2.50. The third-order valence-electron chi connectivity index (χ3n) is 5.98. The number of benzene rings is 4. The van der Waals surface area contributed by atoms with E-state index in [-0.39, 0.29) is 29.1 Å². The highest BCUT2D eigenvalue weighted by Gasteiger charge is 2.41. The molecule has 4 rings (SSSR count). The van der Waals surface area contributed by atoms with E-state index in [4.69, 9.17) is 14.2 Å². The first kappa shape index (κ1) is 37.8. The number of hydrogen-bond donors (Lipinski definition) is 6. The lowest BCUT2D eigenvalue weighted by molar-refractivity contribution is 0.0641. The van der Waals surface area contributed by atoms with Crippen molar-refractivity contribution in [1.29, 1.82) is 0 Å². The molecule has 0 amide bonds. The molecule has 0 bridgehead atoms. The van der Waals surface area contributed by atoms with Crippen LogP contribution in [0.2, 0.25) is 0 Å². The lowest BCUT2D eigenvalue weighted by Gasteiger charge is -2.22. The van der Waals surface area contributed by atoms with Crippen LogP contribution in [0.25, 0.3) is 0 Å². The molecule has 0 saturated heterocycles. The Labute approximate surface area is 274 Å². The van der Waals surface area contributed by atoms with E-state index in [9.17, 15) is 68.6 Å². The van der Waals surface area contributed by atoms with Gasteiger partial charge in [-0.1, -0.05) is 36.4 Å². The zero-order chi connectivity index (χ0) is 35.8. The maximum absolute atomic E-state index is 12.8. The first-order valence-electron chi connectivity index (χ1n) is 12.4. The van der Waals surface area contributed by atoms with Crippen LogP contribution in [-0.2, 0) is 30.4 Å². The number of carboxylic acids is 3. The fourth-order valence-corrected chi connectivity index (χ4v) is 7.47. The van der Waals surface area contributed by atoms with Crippen LogP contribution < -0.4 is 14.2 Å². The third-order valence-corrected chi connectivity index (χ3v) is 8.99. The van der Waals surface area contributed by atoms with Gasteiger partial charge >= 0.3 is 17.9 Å². The molecule has 4 aromatic carbocycles. The molecular weight excluding hydrogens is 724 g/mol. The van der Waals surface area contributed by atoms with Crippen LogP contribution in [-0.4, -0.2) is 77.6 Å². The molecule has 0 aliphatic rings. The second-order valence-corrected chi connectivity index (χ2v) is 13.2. The summed E-state index contributed by atoms with van der Waals surface area (Å²) in [5, 5.41) is 30.7. The number of carbonyl (C=O) groups is 3. The van der Waals surface area contributed by atoms with Gasteiger partial charge in [0.25, 0.3) is 30.4 Å². The average molecular weight is 745 g/mol. The maximum atomic E-state index is 12.8. The number of hydrogen-bond acceptors (Lipinski definition) is 12. The van der Waals surface area contributed by atoms with E-state index >= 15 is 0 Å². The Bertz CT molecular complexity index is 2300. The van der Waals surface area contributed by atoms with Crippen molar-refractivity contribution >= 4 is 48.3 Å². The van der Waals surface area contributed by atoms with Crippen molar-refractivity contribution in [2.75, 3.05) is 0 Å². The zero-order valence-electron chi connectivity index (χ0n) is 23.7. The van der Waals surface area contributed by atoms with E-state index in [1.807, 2.05) is 0 Å². The molecule has 0 aliphatic carbocycles. The summed E-state index contributed by atoms with van der Waals surface area (Å²) in [4.78, 5) is 32.0. The first-order valence-corrected chi connectivity index (χ1v) is 16.7. The topological polar surface area (TPSA) is 334 Å². The second kappa shape index (κ2) is 13.9. The molecule has 19 nitrogen and oxygen atoms in total. The molecule has 49 heavy (non-hydrogen) atoms. The van der Waals surface area contributed by atoms with Gasteiger partial charge in [0.2, 0.25) is 0 Å². The van der Waals surface area contributed by atoms with Gasteiger partial charge in [0.05, 0.1) is 0 Å². The largest absolute Gasteiger partial charge is 0.478 e. The third kappa shape index (κ3) is 7.92. The second-order valence-electron chi connectivity index (χ2n) is 9.11. The molecule has 0 spiro atoms. The fraction of sp³-hybridized carbons (Fsp3) is 0. The molecule has 0 heterocycles. The monoisotopic (exact) mass is 744 g/mol. The van der Waals surface area contributed by atoms with E-state index in [0.29, 0.717) is 0 Å². The smallest absolute Gasteiger partial charge is 0.343 e. The normalized spacial score (nSPS) is 11.6. The Morgan fingerprint density at radius 2 is 0.857 bits per heavy atom. The summed E-state index contributed by atoms with van der Waals surface area (Å²) in [6.45, 7) is 0. The minimum atomic E-state index is -6.06. The fourth-order valence-electron chi connectivity index (χ4n) is 4.20. The number of ether oxygens (including phenoxy) is 3. The van der Waals surface area contributed by atoms with E-state index < -0.39 is 103 Å². The molecule has 0 radical (unpaired) electrons. The van der Waals surface area contributed by atoms with Gasteiger partial charge in [0.1, 0.15) is 43.7 Å².